The number of hydrogen-bond donors (Lipinski definition) is 2. The van der Waals surface area contributed by atoms with Crippen LogP contribution in [0.3, 0.4) is 0 Å². The molecule has 3 N–H and O–H groups in total. The normalized spacial score (nSPS) is 29.9. The van der Waals surface area contributed by atoms with Crippen LogP contribution in [0.2, 0.25) is 0 Å². The summed E-state index contributed by atoms with van der Waals surface area (Å²) in [6, 6.07) is 0. The zero-order chi connectivity index (χ0) is 14.2. The average Bonchev–Trinajstić information content (AvgIpc) is 3.08. The number of hydrogen-bond acceptors (Lipinski definition) is 5. The molecule has 0 saturated carbocycles. The predicted molar refractivity (Wildman–Crippen MR) is 77.5 cm³/mol. The fraction of sp³-hybridized carbons (Fsp3) is 0.857. The third kappa shape index (κ3) is 2.67. The molecule has 2 unspecified atom stereocenters. The van der Waals surface area contributed by atoms with E-state index in [9.17, 15) is 0 Å². The fourth-order valence-electron chi connectivity index (χ4n) is 3.00. The van der Waals surface area contributed by atoms with Crippen LogP contribution in [0, 0.1) is 5.41 Å². The molecule has 0 spiro atoms. The number of aromatic amines is 1. The molecule has 6 heteroatoms. The van der Waals surface area contributed by atoms with Crippen LogP contribution in [0.4, 0.5) is 5.95 Å². The van der Waals surface area contributed by atoms with Gasteiger partial charge in [0.25, 0.3) is 0 Å². The van der Waals surface area contributed by atoms with E-state index < -0.39 is 0 Å². The Labute approximate surface area is 120 Å². The van der Waals surface area contributed by atoms with E-state index in [-0.39, 0.29) is 11.5 Å². The number of nitrogens with one attached hydrogen (secondary N) is 1. The number of anilines is 1. The monoisotopic (exact) mass is 279 g/mol. The van der Waals surface area contributed by atoms with Crippen LogP contribution in [0.1, 0.15) is 51.5 Å². The smallest absolute Gasteiger partial charge is 0.244 e. The Morgan fingerprint density at radius 3 is 2.75 bits per heavy atom. The molecule has 0 aliphatic carbocycles. The van der Waals surface area contributed by atoms with E-state index in [0.29, 0.717) is 6.10 Å². The van der Waals surface area contributed by atoms with Crippen molar-refractivity contribution >= 4 is 5.95 Å². The fourth-order valence-corrected chi connectivity index (χ4v) is 3.00. The molecule has 2 saturated heterocycles. The van der Waals surface area contributed by atoms with E-state index >= 15 is 0 Å². The zero-order valence-corrected chi connectivity index (χ0v) is 12.4. The minimum atomic E-state index is 0.0883. The van der Waals surface area contributed by atoms with E-state index in [0.717, 1.165) is 57.1 Å². The van der Waals surface area contributed by atoms with Crippen molar-refractivity contribution in [2.45, 2.75) is 51.7 Å². The Kier molecular flexibility index (Phi) is 3.69. The van der Waals surface area contributed by atoms with Crippen molar-refractivity contribution in [3.63, 3.8) is 0 Å². The SMILES string of the molecule is CC1CCC(c2nc(N3CCC(C)(CN)CC3)n[nH]2)O1. The highest BCUT2D eigenvalue weighted by molar-refractivity contribution is 5.30. The number of aromatic nitrogens is 3. The third-order valence-corrected chi connectivity index (χ3v) is 4.77. The van der Waals surface area contributed by atoms with Crippen LogP contribution >= 0.6 is 0 Å². The second kappa shape index (κ2) is 5.33. The van der Waals surface area contributed by atoms with Crippen molar-refractivity contribution in [1.29, 1.82) is 0 Å². The molecule has 0 bridgehead atoms. The summed E-state index contributed by atoms with van der Waals surface area (Å²) in [5.41, 5.74) is 6.13. The summed E-state index contributed by atoms with van der Waals surface area (Å²) in [5.74, 6) is 1.68. The molecule has 20 heavy (non-hydrogen) atoms. The molecule has 1 aromatic heterocycles. The van der Waals surface area contributed by atoms with Gasteiger partial charge in [-0.1, -0.05) is 6.92 Å². The standard InChI is InChI=1S/C14H25N5O/c1-10-3-4-11(20-10)12-16-13(18-17-12)19-7-5-14(2,9-15)6-8-19/h10-11H,3-9,15H2,1-2H3,(H,16,17,18). The topological polar surface area (TPSA) is 80.1 Å². The van der Waals surface area contributed by atoms with Crippen molar-refractivity contribution < 1.29 is 4.74 Å². The minimum absolute atomic E-state index is 0.0883. The van der Waals surface area contributed by atoms with E-state index in [2.05, 4.69) is 33.9 Å². The summed E-state index contributed by atoms with van der Waals surface area (Å²) < 4.78 is 5.83. The van der Waals surface area contributed by atoms with E-state index in [4.69, 9.17) is 10.5 Å². The summed E-state index contributed by atoms with van der Waals surface area (Å²) in [6.45, 7) is 7.09. The first-order valence-electron chi connectivity index (χ1n) is 7.62. The van der Waals surface area contributed by atoms with Crippen molar-refractivity contribution in [3.8, 4) is 0 Å². The van der Waals surface area contributed by atoms with Gasteiger partial charge in [0.2, 0.25) is 5.95 Å². The second-order valence-electron chi connectivity index (χ2n) is 6.54. The lowest BCUT2D eigenvalue weighted by atomic mass is 9.81. The van der Waals surface area contributed by atoms with Gasteiger partial charge in [0, 0.05) is 13.1 Å². The number of nitrogens with zero attached hydrogens (tertiary/aromatic N) is 3. The van der Waals surface area contributed by atoms with E-state index in [1.807, 2.05) is 0 Å². The summed E-state index contributed by atoms with van der Waals surface area (Å²) >= 11 is 0. The first kappa shape index (κ1) is 13.8. The Bertz CT molecular complexity index is 452. The highest BCUT2D eigenvalue weighted by atomic mass is 16.5. The van der Waals surface area contributed by atoms with Gasteiger partial charge in [-0.25, -0.2) is 0 Å². The van der Waals surface area contributed by atoms with Crippen LogP contribution in [0.15, 0.2) is 0 Å². The highest BCUT2D eigenvalue weighted by Crippen LogP contribution is 2.33. The average molecular weight is 279 g/mol. The first-order chi connectivity index (χ1) is 9.59. The van der Waals surface area contributed by atoms with Gasteiger partial charge < -0.3 is 15.4 Å². The van der Waals surface area contributed by atoms with Crippen molar-refractivity contribution in [3.05, 3.63) is 5.82 Å². The van der Waals surface area contributed by atoms with Gasteiger partial charge in [0.05, 0.1) is 6.10 Å². The van der Waals surface area contributed by atoms with Crippen LogP contribution < -0.4 is 10.6 Å². The van der Waals surface area contributed by atoms with Crippen LogP contribution in [0.5, 0.6) is 0 Å². The third-order valence-electron chi connectivity index (χ3n) is 4.77. The first-order valence-corrected chi connectivity index (χ1v) is 7.62. The Hall–Kier alpha value is -1.14. The zero-order valence-electron chi connectivity index (χ0n) is 12.4. The number of rotatable bonds is 3. The molecule has 1 aromatic rings. The molecule has 0 aromatic carbocycles. The molecule has 3 rings (SSSR count). The molecule has 112 valence electrons. The maximum atomic E-state index is 5.85. The summed E-state index contributed by atoms with van der Waals surface area (Å²) in [5, 5.41) is 7.41. The van der Waals surface area contributed by atoms with Gasteiger partial charge in [-0.15, -0.1) is 5.10 Å². The Balaban J connectivity index is 1.63. The van der Waals surface area contributed by atoms with E-state index in [1.54, 1.807) is 0 Å². The maximum absolute atomic E-state index is 5.85. The number of piperidine rings is 1. The number of H-pyrrole nitrogens is 1. The van der Waals surface area contributed by atoms with E-state index in [1.165, 1.54) is 0 Å². The van der Waals surface area contributed by atoms with Crippen LogP contribution in [0.25, 0.3) is 0 Å². The van der Waals surface area contributed by atoms with Gasteiger partial charge in [-0.3, -0.25) is 5.10 Å². The molecular formula is C14H25N5O. The molecule has 0 radical (unpaired) electrons. The molecule has 2 aliphatic heterocycles. The van der Waals surface area contributed by atoms with Gasteiger partial charge in [-0.2, -0.15) is 4.98 Å². The number of nitrogens with two attached hydrogens (primary N) is 1. The molecule has 2 atom stereocenters. The van der Waals surface area contributed by atoms with Gasteiger partial charge in [0.1, 0.15) is 6.10 Å². The maximum Gasteiger partial charge on any atom is 0.244 e. The molecule has 2 aliphatic rings. The van der Waals surface area contributed by atoms with Crippen molar-refractivity contribution in [2.75, 3.05) is 24.5 Å². The minimum Gasteiger partial charge on any atom is -0.367 e. The quantitative estimate of drug-likeness (QED) is 0.878. The molecule has 2 fully saturated rings. The molecule has 0 amide bonds. The lowest BCUT2D eigenvalue weighted by Crippen LogP contribution is -2.42. The lowest BCUT2D eigenvalue weighted by Gasteiger charge is -2.38. The van der Waals surface area contributed by atoms with Crippen LogP contribution in [-0.2, 0) is 4.74 Å². The largest absolute Gasteiger partial charge is 0.367 e. The highest BCUT2D eigenvalue weighted by Gasteiger charge is 2.31. The van der Waals surface area contributed by atoms with Gasteiger partial charge >= 0.3 is 0 Å². The Morgan fingerprint density at radius 1 is 1.40 bits per heavy atom. The second-order valence-corrected chi connectivity index (χ2v) is 6.54. The molecule has 3 heterocycles. The van der Waals surface area contributed by atoms with Crippen molar-refractivity contribution in [1.82, 2.24) is 15.2 Å². The van der Waals surface area contributed by atoms with Crippen LogP contribution in [-0.4, -0.2) is 40.9 Å². The van der Waals surface area contributed by atoms with Gasteiger partial charge in [0.15, 0.2) is 5.82 Å². The molecular weight excluding hydrogens is 254 g/mol. The predicted octanol–water partition coefficient (Wildman–Crippen LogP) is 1.61. The number of ether oxygens (including phenoxy) is 1. The molecule has 6 nitrogen and oxygen atoms in total. The van der Waals surface area contributed by atoms with Gasteiger partial charge in [-0.05, 0) is 44.6 Å². The summed E-state index contributed by atoms with van der Waals surface area (Å²) in [7, 11) is 0. The van der Waals surface area contributed by atoms with Crippen molar-refractivity contribution in [2.24, 2.45) is 11.1 Å². The Morgan fingerprint density at radius 2 is 2.15 bits per heavy atom. The lowest BCUT2D eigenvalue weighted by molar-refractivity contribution is 0.0505. The summed E-state index contributed by atoms with van der Waals surface area (Å²) in [6.07, 6.45) is 4.74. The summed E-state index contributed by atoms with van der Waals surface area (Å²) in [4.78, 5) is 6.87.